The lowest BCUT2D eigenvalue weighted by molar-refractivity contribution is -0.135. The number of benzene rings is 1. The van der Waals surface area contributed by atoms with Gasteiger partial charge in [0.15, 0.2) is 6.17 Å². The second-order valence-corrected chi connectivity index (χ2v) is 7.43. The van der Waals surface area contributed by atoms with Crippen molar-refractivity contribution in [3.8, 4) is 6.07 Å². The van der Waals surface area contributed by atoms with Gasteiger partial charge < -0.3 is 4.74 Å². The van der Waals surface area contributed by atoms with E-state index in [0.717, 1.165) is 9.92 Å². The summed E-state index contributed by atoms with van der Waals surface area (Å²) in [7, 11) is 0. The molecule has 3 rings (SSSR count). The molecule has 8 heteroatoms. The van der Waals surface area contributed by atoms with Crippen molar-refractivity contribution in [3.63, 3.8) is 0 Å². The average molecular weight is 374 g/mol. The van der Waals surface area contributed by atoms with E-state index in [1.807, 2.05) is 41.6 Å². The Morgan fingerprint density at radius 1 is 1.44 bits per heavy atom. The summed E-state index contributed by atoms with van der Waals surface area (Å²) in [4.78, 5) is 17.7. The molecule has 0 spiro atoms. The highest BCUT2D eigenvalue weighted by Gasteiger charge is 2.45. The van der Waals surface area contributed by atoms with Gasteiger partial charge in [-0.2, -0.15) is 5.26 Å². The van der Waals surface area contributed by atoms with E-state index < -0.39 is 12.1 Å². The Labute approximate surface area is 155 Å². The van der Waals surface area contributed by atoms with Gasteiger partial charge in [0.05, 0.1) is 23.1 Å². The Bertz CT molecular complexity index is 745. The molecule has 25 heavy (non-hydrogen) atoms. The van der Waals surface area contributed by atoms with Gasteiger partial charge in [0.25, 0.3) is 0 Å². The Hall–Kier alpha value is -1.95. The minimum Gasteiger partial charge on any atom is -0.461 e. The minimum atomic E-state index is -0.461. The molecule has 1 aromatic carbocycles. The number of carbonyl (C=O) groups is 1. The molecule has 130 valence electrons. The predicted molar refractivity (Wildman–Crippen MR) is 99.6 cm³/mol. The summed E-state index contributed by atoms with van der Waals surface area (Å²) in [6.07, 6.45) is 3.22. The molecule has 0 bridgehead atoms. The van der Waals surface area contributed by atoms with Crippen LogP contribution >= 0.6 is 23.5 Å². The zero-order valence-corrected chi connectivity index (χ0v) is 15.5. The molecule has 1 fully saturated rings. The molecule has 0 aliphatic carbocycles. The highest BCUT2D eigenvalue weighted by molar-refractivity contribution is 8.03. The number of rotatable bonds is 5. The molecule has 0 amide bonds. The minimum absolute atomic E-state index is 0.0833. The van der Waals surface area contributed by atoms with Crippen LogP contribution in [0.15, 0.2) is 51.3 Å². The van der Waals surface area contributed by atoms with Gasteiger partial charge in [-0.25, -0.2) is 15.2 Å². The van der Waals surface area contributed by atoms with Gasteiger partial charge in [0.2, 0.25) is 0 Å². The standard InChI is InChI=1S/C17H18N4O2S2/c1-3-23-17(22)13-9-14(25-11-7-5-4-6-8-11)21-15(19-13)12(10-18)16(20-21)24-2/h4-9,12,15-16,20H,3H2,1-2H3. The Morgan fingerprint density at radius 3 is 2.84 bits per heavy atom. The first-order valence-corrected chi connectivity index (χ1v) is 9.95. The van der Waals surface area contributed by atoms with E-state index >= 15 is 0 Å². The number of aliphatic imine (C=N–C) groups is 1. The molecule has 6 nitrogen and oxygen atoms in total. The summed E-state index contributed by atoms with van der Waals surface area (Å²) in [5.41, 5.74) is 3.59. The number of hydrogen-bond acceptors (Lipinski definition) is 8. The lowest BCUT2D eigenvalue weighted by atomic mass is 10.1. The van der Waals surface area contributed by atoms with Crippen molar-refractivity contribution in [1.29, 1.82) is 5.26 Å². The lowest BCUT2D eigenvalue weighted by Gasteiger charge is -2.29. The van der Waals surface area contributed by atoms with E-state index in [2.05, 4.69) is 16.5 Å². The first kappa shape index (κ1) is 17.9. The Balaban J connectivity index is 1.95. The number of ether oxygens (including phenoxy) is 1. The van der Waals surface area contributed by atoms with Crippen molar-refractivity contribution >= 4 is 35.2 Å². The number of esters is 1. The molecule has 0 radical (unpaired) electrons. The molecule has 3 unspecified atom stereocenters. The third kappa shape index (κ3) is 3.68. The van der Waals surface area contributed by atoms with Gasteiger partial charge in [0.1, 0.15) is 11.6 Å². The molecule has 2 heterocycles. The molecular formula is C17H18N4O2S2. The maximum Gasteiger partial charge on any atom is 0.356 e. The summed E-state index contributed by atoms with van der Waals surface area (Å²) in [5.74, 6) is -0.822. The largest absolute Gasteiger partial charge is 0.461 e. The maximum atomic E-state index is 12.2. The third-order valence-electron chi connectivity index (χ3n) is 3.80. The van der Waals surface area contributed by atoms with Gasteiger partial charge in [-0.3, -0.25) is 5.01 Å². The average Bonchev–Trinajstić information content (AvgIpc) is 3.00. The first-order chi connectivity index (χ1) is 12.2. The molecule has 0 aromatic heterocycles. The van der Waals surface area contributed by atoms with E-state index in [1.165, 1.54) is 11.8 Å². The zero-order chi connectivity index (χ0) is 17.8. The number of carbonyl (C=O) groups excluding carboxylic acids is 1. The Kier molecular flexibility index (Phi) is 5.68. The highest BCUT2D eigenvalue weighted by Crippen LogP contribution is 2.39. The summed E-state index contributed by atoms with van der Waals surface area (Å²) in [6, 6.07) is 12.2. The summed E-state index contributed by atoms with van der Waals surface area (Å²) >= 11 is 3.08. The number of thioether (sulfide) groups is 2. The topological polar surface area (TPSA) is 77.7 Å². The van der Waals surface area contributed by atoms with Gasteiger partial charge in [-0.15, -0.1) is 11.8 Å². The van der Waals surface area contributed by atoms with Crippen LogP contribution in [0.5, 0.6) is 0 Å². The number of hydrazine groups is 1. The van der Waals surface area contributed by atoms with Crippen molar-refractivity contribution in [2.24, 2.45) is 10.9 Å². The van der Waals surface area contributed by atoms with Crippen LogP contribution in [-0.4, -0.2) is 41.1 Å². The first-order valence-electron chi connectivity index (χ1n) is 7.85. The van der Waals surface area contributed by atoms with E-state index in [0.29, 0.717) is 0 Å². The van der Waals surface area contributed by atoms with Crippen LogP contribution in [0.25, 0.3) is 0 Å². The number of fused-ring (bicyclic) bond motifs is 1. The summed E-state index contributed by atoms with van der Waals surface area (Å²) < 4.78 is 5.10. The number of nitriles is 1. The highest BCUT2D eigenvalue weighted by atomic mass is 32.2. The fourth-order valence-corrected chi connectivity index (χ4v) is 4.33. The number of nitrogens with zero attached hydrogens (tertiary/aromatic N) is 3. The third-order valence-corrected chi connectivity index (χ3v) is 5.74. The van der Waals surface area contributed by atoms with Crippen LogP contribution < -0.4 is 5.43 Å². The summed E-state index contributed by atoms with van der Waals surface area (Å²) in [5, 5.41) is 12.2. The van der Waals surface area contributed by atoms with Crippen LogP contribution in [-0.2, 0) is 9.53 Å². The quantitative estimate of drug-likeness (QED) is 0.794. The predicted octanol–water partition coefficient (Wildman–Crippen LogP) is 2.61. The number of hydrogen-bond donors (Lipinski definition) is 1. The molecule has 2 aliphatic rings. The van der Waals surface area contributed by atoms with Gasteiger partial charge in [0, 0.05) is 11.0 Å². The van der Waals surface area contributed by atoms with Crippen molar-refractivity contribution in [3.05, 3.63) is 41.4 Å². The molecule has 0 saturated carbocycles. The normalized spacial score (nSPS) is 24.8. The van der Waals surface area contributed by atoms with Crippen LogP contribution in [0.1, 0.15) is 6.92 Å². The van der Waals surface area contributed by atoms with E-state index in [1.54, 1.807) is 24.8 Å². The second kappa shape index (κ2) is 7.95. The van der Waals surface area contributed by atoms with Crippen LogP contribution in [0, 0.1) is 17.2 Å². The van der Waals surface area contributed by atoms with Crippen molar-refractivity contribution in [1.82, 2.24) is 10.4 Å². The molecule has 1 aromatic rings. The van der Waals surface area contributed by atoms with Gasteiger partial charge >= 0.3 is 5.97 Å². The SMILES string of the molecule is CCOC(=O)C1=NC2C(C#N)C(SC)NN2C(Sc2ccccc2)=C1. The van der Waals surface area contributed by atoms with E-state index in [4.69, 9.17) is 4.74 Å². The second-order valence-electron chi connectivity index (χ2n) is 5.36. The van der Waals surface area contributed by atoms with Gasteiger partial charge in [-0.05, 0) is 25.3 Å². The molecular weight excluding hydrogens is 356 g/mol. The fourth-order valence-electron chi connectivity index (χ4n) is 2.65. The molecule has 3 atom stereocenters. The van der Waals surface area contributed by atoms with E-state index in [9.17, 15) is 10.1 Å². The zero-order valence-electron chi connectivity index (χ0n) is 13.9. The van der Waals surface area contributed by atoms with Crippen molar-refractivity contribution in [2.75, 3.05) is 12.9 Å². The van der Waals surface area contributed by atoms with E-state index in [-0.39, 0.29) is 23.6 Å². The molecule has 1 N–H and O–H groups in total. The number of nitrogens with one attached hydrogen (secondary N) is 1. The molecule has 2 aliphatic heterocycles. The Morgan fingerprint density at radius 2 is 2.20 bits per heavy atom. The molecule has 1 saturated heterocycles. The van der Waals surface area contributed by atoms with Crippen LogP contribution in [0.4, 0.5) is 0 Å². The van der Waals surface area contributed by atoms with Crippen molar-refractivity contribution in [2.45, 2.75) is 23.4 Å². The van der Waals surface area contributed by atoms with Crippen LogP contribution in [0.2, 0.25) is 0 Å². The smallest absolute Gasteiger partial charge is 0.356 e. The van der Waals surface area contributed by atoms with Gasteiger partial charge in [-0.1, -0.05) is 30.0 Å². The lowest BCUT2D eigenvalue weighted by Crippen LogP contribution is -2.40. The maximum absolute atomic E-state index is 12.2. The fraction of sp³-hybridized carbons (Fsp3) is 0.353. The van der Waals surface area contributed by atoms with Crippen LogP contribution in [0.3, 0.4) is 0 Å². The monoisotopic (exact) mass is 374 g/mol. The van der Waals surface area contributed by atoms with Crippen molar-refractivity contribution < 1.29 is 9.53 Å². The summed E-state index contributed by atoms with van der Waals surface area (Å²) in [6.45, 7) is 2.05.